The number of hydrogen-bond acceptors (Lipinski definition) is 3. The van der Waals surface area contributed by atoms with Gasteiger partial charge in [0.25, 0.3) is 0 Å². The Hall–Kier alpha value is -1.98. The lowest BCUT2D eigenvalue weighted by atomic mass is 9.97. The molecule has 0 radical (unpaired) electrons. The highest BCUT2D eigenvalue weighted by atomic mass is 35.5. The molecule has 4 rings (SSSR count). The second-order valence-corrected chi connectivity index (χ2v) is 8.12. The number of benzene rings is 2. The van der Waals surface area contributed by atoms with Crippen molar-refractivity contribution in [1.82, 2.24) is 9.88 Å². The number of halogens is 2. The summed E-state index contributed by atoms with van der Waals surface area (Å²) in [6.45, 7) is 1.47. The van der Waals surface area contributed by atoms with Gasteiger partial charge in [-0.2, -0.15) is 0 Å². The summed E-state index contributed by atoms with van der Waals surface area (Å²) in [7, 11) is 0. The van der Waals surface area contributed by atoms with Gasteiger partial charge in [-0.15, -0.1) is 11.3 Å². The number of aromatic nitrogens is 1. The summed E-state index contributed by atoms with van der Waals surface area (Å²) in [5.41, 5.74) is 1.80. The predicted octanol–water partition coefficient (Wildman–Crippen LogP) is 5.04. The van der Waals surface area contributed by atoms with Gasteiger partial charge in [0.05, 0.1) is 21.6 Å². The van der Waals surface area contributed by atoms with Gasteiger partial charge >= 0.3 is 0 Å². The summed E-state index contributed by atoms with van der Waals surface area (Å²) in [5.74, 6) is 0.214. The van der Waals surface area contributed by atoms with Crippen molar-refractivity contribution < 1.29 is 9.18 Å². The van der Waals surface area contributed by atoms with Gasteiger partial charge in [-0.25, -0.2) is 9.37 Å². The van der Waals surface area contributed by atoms with E-state index < -0.39 is 0 Å². The highest BCUT2D eigenvalue weighted by Crippen LogP contribution is 2.34. The Morgan fingerprint density at radius 3 is 2.65 bits per heavy atom. The van der Waals surface area contributed by atoms with Crippen LogP contribution in [0.25, 0.3) is 10.2 Å². The molecule has 0 N–H and O–H groups in total. The van der Waals surface area contributed by atoms with Crippen LogP contribution in [0.4, 0.5) is 4.39 Å². The summed E-state index contributed by atoms with van der Waals surface area (Å²) in [6, 6.07) is 11.9. The van der Waals surface area contributed by atoms with Crippen LogP contribution >= 0.6 is 22.9 Å². The van der Waals surface area contributed by atoms with Crippen LogP contribution in [0.15, 0.2) is 42.5 Å². The van der Waals surface area contributed by atoms with E-state index in [1.54, 1.807) is 23.5 Å². The van der Waals surface area contributed by atoms with Crippen LogP contribution in [-0.4, -0.2) is 28.9 Å². The second-order valence-electron chi connectivity index (χ2n) is 6.62. The maximum absolute atomic E-state index is 13.0. The number of nitrogens with zero attached hydrogens (tertiary/aromatic N) is 2. The molecular formula is C20H18ClFN2OS. The molecule has 3 aromatic rings. The summed E-state index contributed by atoms with van der Waals surface area (Å²) >= 11 is 7.76. The lowest BCUT2D eigenvalue weighted by molar-refractivity contribution is -0.131. The van der Waals surface area contributed by atoms with Crippen molar-refractivity contribution in [2.75, 3.05) is 13.1 Å². The Morgan fingerprint density at radius 1 is 1.19 bits per heavy atom. The average molecular weight is 389 g/mol. The zero-order valence-corrected chi connectivity index (χ0v) is 15.7. The van der Waals surface area contributed by atoms with Crippen LogP contribution in [0, 0.1) is 5.82 Å². The minimum atomic E-state index is -0.279. The number of amides is 1. The molecule has 6 heteroatoms. The molecule has 1 aromatic heterocycles. The van der Waals surface area contributed by atoms with Crippen molar-refractivity contribution >= 4 is 39.1 Å². The first-order valence-corrected chi connectivity index (χ1v) is 9.86. The molecule has 2 aromatic carbocycles. The van der Waals surface area contributed by atoms with E-state index in [0.717, 1.165) is 46.7 Å². The third-order valence-electron chi connectivity index (χ3n) is 4.83. The fraction of sp³-hybridized carbons (Fsp3) is 0.300. The fourth-order valence-corrected chi connectivity index (χ4v) is 4.64. The second kappa shape index (κ2) is 7.33. The minimum absolute atomic E-state index is 0.103. The fourth-order valence-electron chi connectivity index (χ4n) is 3.36. The Kier molecular flexibility index (Phi) is 4.92. The molecule has 0 saturated carbocycles. The quantitative estimate of drug-likeness (QED) is 0.630. The summed E-state index contributed by atoms with van der Waals surface area (Å²) in [5, 5.41) is 1.84. The molecule has 2 heterocycles. The van der Waals surface area contributed by atoms with Gasteiger partial charge in [0.2, 0.25) is 5.91 Å². The van der Waals surface area contributed by atoms with E-state index >= 15 is 0 Å². The molecule has 3 nitrogen and oxygen atoms in total. The van der Waals surface area contributed by atoms with Crippen LogP contribution < -0.4 is 0 Å². The van der Waals surface area contributed by atoms with E-state index in [4.69, 9.17) is 16.6 Å². The highest BCUT2D eigenvalue weighted by molar-refractivity contribution is 7.18. The van der Waals surface area contributed by atoms with Crippen molar-refractivity contribution in [1.29, 1.82) is 0 Å². The molecule has 0 unspecified atom stereocenters. The van der Waals surface area contributed by atoms with E-state index in [9.17, 15) is 9.18 Å². The molecule has 0 atom stereocenters. The van der Waals surface area contributed by atoms with Gasteiger partial charge in [-0.3, -0.25) is 4.79 Å². The van der Waals surface area contributed by atoms with Crippen molar-refractivity contribution in [3.63, 3.8) is 0 Å². The van der Waals surface area contributed by atoms with Gasteiger partial charge in [-0.05, 0) is 48.7 Å². The van der Waals surface area contributed by atoms with E-state index in [-0.39, 0.29) is 11.7 Å². The number of thiazole rings is 1. The maximum atomic E-state index is 13.0. The van der Waals surface area contributed by atoms with Crippen LogP contribution in [0.5, 0.6) is 0 Å². The molecule has 1 fully saturated rings. The lowest BCUT2D eigenvalue weighted by Gasteiger charge is -2.31. The Balaban J connectivity index is 1.38. The number of carbonyl (C=O) groups excluding carboxylic acids is 1. The molecule has 1 saturated heterocycles. The van der Waals surface area contributed by atoms with Gasteiger partial charge in [0.15, 0.2) is 0 Å². The maximum Gasteiger partial charge on any atom is 0.226 e. The first-order valence-electron chi connectivity index (χ1n) is 8.67. The highest BCUT2D eigenvalue weighted by Gasteiger charge is 2.26. The number of likely N-dealkylation sites (tertiary alicyclic amines) is 1. The summed E-state index contributed by atoms with van der Waals surface area (Å²) < 4.78 is 14.1. The molecule has 0 aliphatic carbocycles. The largest absolute Gasteiger partial charge is 0.342 e. The number of hydrogen-bond donors (Lipinski definition) is 0. The molecule has 134 valence electrons. The average Bonchev–Trinajstić information content (AvgIpc) is 3.07. The predicted molar refractivity (Wildman–Crippen MR) is 103 cm³/mol. The van der Waals surface area contributed by atoms with Crippen molar-refractivity contribution in [3.05, 3.63) is 63.9 Å². The third kappa shape index (κ3) is 3.74. The van der Waals surface area contributed by atoms with Gasteiger partial charge in [-0.1, -0.05) is 23.7 Å². The lowest BCUT2D eigenvalue weighted by Crippen LogP contribution is -2.38. The van der Waals surface area contributed by atoms with Gasteiger partial charge in [0.1, 0.15) is 5.82 Å². The number of rotatable bonds is 3. The molecule has 0 spiro atoms. The number of fused-ring (bicyclic) bond motifs is 1. The minimum Gasteiger partial charge on any atom is -0.342 e. The van der Waals surface area contributed by atoms with Crippen molar-refractivity contribution in [3.8, 4) is 0 Å². The first kappa shape index (κ1) is 17.4. The van der Waals surface area contributed by atoms with Crippen molar-refractivity contribution in [2.45, 2.75) is 25.2 Å². The zero-order valence-electron chi connectivity index (χ0n) is 14.1. The molecular weight excluding hydrogens is 371 g/mol. The smallest absolute Gasteiger partial charge is 0.226 e. The topological polar surface area (TPSA) is 33.2 Å². The van der Waals surface area contributed by atoms with Gasteiger partial charge < -0.3 is 4.90 Å². The molecule has 1 amide bonds. The molecule has 1 aliphatic heterocycles. The standard InChI is InChI=1S/C20H18ClFN2OS/c21-15-3-6-18-17(12-15)23-20(26-18)14-7-9-24(10-8-14)19(25)11-13-1-4-16(22)5-2-13/h1-6,12,14H,7-11H2. The number of carbonyl (C=O) groups is 1. The Bertz CT molecular complexity index is 933. The van der Waals surface area contributed by atoms with Crippen LogP contribution in [-0.2, 0) is 11.2 Å². The van der Waals surface area contributed by atoms with Gasteiger partial charge in [0, 0.05) is 24.0 Å². The normalized spacial score (nSPS) is 15.5. The Morgan fingerprint density at radius 2 is 1.92 bits per heavy atom. The van der Waals surface area contributed by atoms with Crippen LogP contribution in [0.2, 0.25) is 5.02 Å². The SMILES string of the molecule is O=C(Cc1ccc(F)cc1)N1CCC(c2nc3cc(Cl)ccc3s2)CC1. The van der Waals surface area contributed by atoms with E-state index in [0.29, 0.717) is 17.4 Å². The van der Waals surface area contributed by atoms with E-state index in [2.05, 4.69) is 0 Å². The molecule has 26 heavy (non-hydrogen) atoms. The molecule has 1 aliphatic rings. The molecule has 0 bridgehead atoms. The van der Waals surface area contributed by atoms with Crippen LogP contribution in [0.1, 0.15) is 29.3 Å². The zero-order chi connectivity index (χ0) is 18.1. The van der Waals surface area contributed by atoms with Crippen molar-refractivity contribution in [2.24, 2.45) is 0 Å². The number of piperidine rings is 1. The summed E-state index contributed by atoms with van der Waals surface area (Å²) in [6.07, 6.45) is 2.16. The van der Waals surface area contributed by atoms with Crippen LogP contribution in [0.3, 0.4) is 0 Å². The monoisotopic (exact) mass is 388 g/mol. The van der Waals surface area contributed by atoms with E-state index in [1.807, 2.05) is 23.1 Å². The Labute approximate surface area is 160 Å². The first-order chi connectivity index (χ1) is 12.6. The van der Waals surface area contributed by atoms with E-state index in [1.165, 1.54) is 12.1 Å². The summed E-state index contributed by atoms with van der Waals surface area (Å²) in [4.78, 5) is 19.1. The third-order valence-corrected chi connectivity index (χ3v) is 6.27.